The van der Waals surface area contributed by atoms with Crippen LogP contribution in [0.1, 0.15) is 84.3 Å². The van der Waals surface area contributed by atoms with E-state index in [0.717, 1.165) is 67.6 Å². The summed E-state index contributed by atoms with van der Waals surface area (Å²) in [5.41, 5.74) is 9.77. The molecule has 0 heterocycles. The van der Waals surface area contributed by atoms with Crippen molar-refractivity contribution in [1.29, 1.82) is 0 Å². The Kier molecular flexibility index (Phi) is 15.7. The van der Waals surface area contributed by atoms with Crippen LogP contribution in [-0.2, 0) is 9.59 Å². The molecule has 33 heavy (non-hydrogen) atoms. The molecule has 186 valence electrons. The zero-order chi connectivity index (χ0) is 25.4. The van der Waals surface area contributed by atoms with Crippen LogP contribution in [0.4, 0.5) is 4.39 Å². The number of amides is 1. The van der Waals surface area contributed by atoms with Gasteiger partial charge in [-0.2, -0.15) is 0 Å². The Morgan fingerprint density at radius 1 is 1.00 bits per heavy atom. The Morgan fingerprint density at radius 3 is 1.94 bits per heavy atom. The van der Waals surface area contributed by atoms with Gasteiger partial charge in [-0.05, 0) is 74.8 Å². The topological polar surface area (TPSA) is 75.8 Å². The number of Topliss-reactive ketones (excluding diaryl/α,β-unsaturated/α-hetero) is 1. The Bertz CT molecular complexity index is 759. The molecule has 0 spiro atoms. The second-order valence-corrected chi connectivity index (χ2v) is 8.46. The number of rotatable bonds is 7. The second-order valence-electron chi connectivity index (χ2n) is 8.46. The van der Waals surface area contributed by atoms with Crippen LogP contribution in [0, 0.1) is 19.7 Å². The van der Waals surface area contributed by atoms with Crippen LogP contribution in [0.3, 0.4) is 0 Å². The smallest absolute Gasteiger partial charge is 0.244 e. The van der Waals surface area contributed by atoms with Crippen molar-refractivity contribution in [3.8, 4) is 0 Å². The van der Waals surface area contributed by atoms with Gasteiger partial charge < -0.3 is 10.6 Å². The number of hydrogen-bond donors (Lipinski definition) is 1. The fraction of sp³-hybridized carbons (Fsp3) is 0.593. The summed E-state index contributed by atoms with van der Waals surface area (Å²) in [6.45, 7) is 15.3. The van der Waals surface area contributed by atoms with E-state index in [2.05, 4.69) is 32.7 Å². The molecular weight excluding hydrogens is 417 g/mol. The molecule has 1 saturated carbocycles. The van der Waals surface area contributed by atoms with Gasteiger partial charge in [0.1, 0.15) is 12.4 Å². The number of benzene rings is 1. The number of carbonyl (C=O) groups is 2. The minimum atomic E-state index is -0.146. The summed E-state index contributed by atoms with van der Waals surface area (Å²) >= 11 is 0. The summed E-state index contributed by atoms with van der Waals surface area (Å²) < 4.78 is 12.4. The third kappa shape index (κ3) is 12.4. The van der Waals surface area contributed by atoms with Crippen LogP contribution >= 0.6 is 0 Å². The van der Waals surface area contributed by atoms with E-state index in [1.807, 2.05) is 24.8 Å². The lowest BCUT2D eigenvalue weighted by molar-refractivity contribution is -0.129. The van der Waals surface area contributed by atoms with Crippen LogP contribution in [0.15, 0.2) is 34.5 Å². The molecule has 6 heteroatoms. The van der Waals surface area contributed by atoms with Gasteiger partial charge in [0.05, 0.1) is 5.70 Å². The number of allylic oxidation sites excluding steroid dienone is 2. The first-order chi connectivity index (χ1) is 15.6. The minimum absolute atomic E-state index is 0.0545. The summed E-state index contributed by atoms with van der Waals surface area (Å²) in [6, 6.07) is 4.99. The average Bonchev–Trinajstić information content (AvgIpc) is 3.19. The molecule has 1 fully saturated rings. The standard InChI is InChI=1S/C16H27N3O2.C8H9F.C3H8/c1-4-9-19(10-5-2)15(21)11-18-14-8-6-7-13(14)16(17)12(3)20;1-6-3-7(2)5-8(9)4-6;1-3-2/h4-11,17H2,1-3H3;3-5H,1-2H3;3H2,1-2H3/b16-13-,18-14?;;. The first-order valence-corrected chi connectivity index (χ1v) is 12.2. The molecule has 0 atom stereocenters. The van der Waals surface area contributed by atoms with E-state index in [4.69, 9.17) is 5.73 Å². The van der Waals surface area contributed by atoms with Crippen LogP contribution in [0.2, 0.25) is 0 Å². The van der Waals surface area contributed by atoms with Crippen molar-refractivity contribution in [2.75, 3.05) is 19.6 Å². The van der Waals surface area contributed by atoms with E-state index in [9.17, 15) is 14.0 Å². The number of nitrogens with two attached hydrogens (primary N) is 1. The fourth-order valence-electron chi connectivity index (χ4n) is 3.49. The first-order valence-electron chi connectivity index (χ1n) is 12.2. The highest BCUT2D eigenvalue weighted by Crippen LogP contribution is 2.24. The van der Waals surface area contributed by atoms with Gasteiger partial charge in [-0.1, -0.05) is 40.2 Å². The molecule has 5 nitrogen and oxygen atoms in total. The van der Waals surface area contributed by atoms with Crippen LogP contribution in [-0.4, -0.2) is 41.9 Å². The molecule has 0 saturated heterocycles. The zero-order valence-electron chi connectivity index (χ0n) is 21.8. The van der Waals surface area contributed by atoms with Crippen molar-refractivity contribution in [1.82, 2.24) is 4.90 Å². The average molecular weight is 462 g/mol. The lowest BCUT2D eigenvalue weighted by Crippen LogP contribution is -2.34. The van der Waals surface area contributed by atoms with E-state index < -0.39 is 0 Å². The third-order valence-electron chi connectivity index (χ3n) is 4.82. The zero-order valence-corrected chi connectivity index (χ0v) is 21.8. The van der Waals surface area contributed by atoms with Gasteiger partial charge in [0.25, 0.3) is 0 Å². The maximum absolute atomic E-state index is 12.4. The molecule has 2 N–H and O–H groups in total. The molecule has 1 aliphatic carbocycles. The summed E-state index contributed by atoms with van der Waals surface area (Å²) in [4.78, 5) is 29.9. The van der Waals surface area contributed by atoms with E-state index in [0.29, 0.717) is 5.70 Å². The van der Waals surface area contributed by atoms with Crippen molar-refractivity contribution in [2.45, 2.75) is 87.0 Å². The van der Waals surface area contributed by atoms with Crippen LogP contribution in [0.5, 0.6) is 0 Å². The van der Waals surface area contributed by atoms with E-state index in [1.54, 1.807) is 0 Å². The number of hydrogen-bond acceptors (Lipinski definition) is 4. The largest absolute Gasteiger partial charge is 0.396 e. The Labute approximate surface area is 200 Å². The SMILES string of the molecule is CCC.CCCN(CCC)C(=O)CN=C1CCC/C1=C(/N)C(C)=O.Cc1cc(C)cc(F)c1. The summed E-state index contributed by atoms with van der Waals surface area (Å²) in [6.07, 6.45) is 5.68. The molecule has 0 aliphatic heterocycles. The Balaban J connectivity index is 0.000000701. The lowest BCUT2D eigenvalue weighted by Gasteiger charge is -2.20. The van der Waals surface area contributed by atoms with Gasteiger partial charge in [0.2, 0.25) is 5.91 Å². The number of nitrogens with zero attached hydrogens (tertiary/aromatic N) is 2. The summed E-state index contributed by atoms with van der Waals surface area (Å²) in [5.74, 6) is -0.212. The molecule has 0 radical (unpaired) electrons. The van der Waals surface area contributed by atoms with Crippen molar-refractivity contribution >= 4 is 17.4 Å². The summed E-state index contributed by atoms with van der Waals surface area (Å²) in [5, 5.41) is 0. The molecule has 1 amide bonds. The molecule has 1 aromatic rings. The van der Waals surface area contributed by atoms with Gasteiger partial charge in [0, 0.05) is 25.7 Å². The third-order valence-corrected chi connectivity index (χ3v) is 4.82. The maximum atomic E-state index is 12.4. The highest BCUT2D eigenvalue weighted by molar-refractivity contribution is 6.09. The van der Waals surface area contributed by atoms with E-state index in [-0.39, 0.29) is 24.1 Å². The molecule has 1 aromatic carbocycles. The normalized spacial score (nSPS) is 15.2. The monoisotopic (exact) mass is 461 g/mol. The predicted molar refractivity (Wildman–Crippen MR) is 137 cm³/mol. The Hall–Kier alpha value is -2.50. The van der Waals surface area contributed by atoms with Gasteiger partial charge >= 0.3 is 0 Å². The number of aryl methyl sites for hydroxylation is 2. The second kappa shape index (κ2) is 17.0. The minimum Gasteiger partial charge on any atom is -0.396 e. The van der Waals surface area contributed by atoms with Crippen molar-refractivity contribution in [3.63, 3.8) is 0 Å². The molecule has 0 bridgehead atoms. The van der Waals surface area contributed by atoms with Crippen LogP contribution in [0.25, 0.3) is 0 Å². The lowest BCUT2D eigenvalue weighted by atomic mass is 10.1. The quantitative estimate of drug-likeness (QED) is 0.512. The van der Waals surface area contributed by atoms with E-state index in [1.165, 1.54) is 25.5 Å². The highest BCUT2D eigenvalue weighted by Gasteiger charge is 2.21. The van der Waals surface area contributed by atoms with Crippen LogP contribution < -0.4 is 5.73 Å². The maximum Gasteiger partial charge on any atom is 0.244 e. The van der Waals surface area contributed by atoms with Gasteiger partial charge in [0.15, 0.2) is 5.78 Å². The van der Waals surface area contributed by atoms with Gasteiger partial charge in [-0.15, -0.1) is 0 Å². The van der Waals surface area contributed by atoms with Gasteiger partial charge in [-0.25, -0.2) is 4.39 Å². The Morgan fingerprint density at radius 2 is 1.52 bits per heavy atom. The molecular formula is C27H44FN3O2. The number of carbonyl (C=O) groups excluding carboxylic acids is 2. The highest BCUT2D eigenvalue weighted by atomic mass is 19.1. The number of aliphatic imine (C=N–C) groups is 1. The molecule has 1 aliphatic rings. The number of ketones is 1. The summed E-state index contributed by atoms with van der Waals surface area (Å²) in [7, 11) is 0. The van der Waals surface area contributed by atoms with Crippen molar-refractivity contribution in [2.24, 2.45) is 10.7 Å². The van der Waals surface area contributed by atoms with Crippen molar-refractivity contribution in [3.05, 3.63) is 46.4 Å². The fourth-order valence-corrected chi connectivity index (χ4v) is 3.49. The van der Waals surface area contributed by atoms with E-state index >= 15 is 0 Å². The van der Waals surface area contributed by atoms with Crippen molar-refractivity contribution < 1.29 is 14.0 Å². The molecule has 0 unspecified atom stereocenters. The molecule has 2 rings (SSSR count). The number of halogens is 1. The van der Waals surface area contributed by atoms with Gasteiger partial charge in [-0.3, -0.25) is 14.6 Å². The molecule has 0 aromatic heterocycles. The predicted octanol–water partition coefficient (Wildman–Crippen LogP) is 5.92. The first kappa shape index (κ1) is 30.5.